The standard InChI is InChI=1S/C15H15F2N/c16-14-7-6-12(10-15(14)17)9-13(18)8-11-4-2-1-3-5-11/h1-7,10,13H,8-9,18H2. The fraction of sp³-hybridized carbons (Fsp3) is 0.200. The molecule has 0 aromatic heterocycles. The van der Waals surface area contributed by atoms with E-state index in [2.05, 4.69) is 0 Å². The Morgan fingerprint density at radius 1 is 0.833 bits per heavy atom. The third-order valence-corrected chi connectivity index (χ3v) is 2.82. The molecular weight excluding hydrogens is 232 g/mol. The highest BCUT2D eigenvalue weighted by atomic mass is 19.2. The maximum atomic E-state index is 13.0. The van der Waals surface area contributed by atoms with Crippen LogP contribution >= 0.6 is 0 Å². The Labute approximate surface area is 105 Å². The van der Waals surface area contributed by atoms with Gasteiger partial charge in [0, 0.05) is 6.04 Å². The third kappa shape index (κ3) is 3.37. The van der Waals surface area contributed by atoms with E-state index in [1.54, 1.807) is 6.07 Å². The van der Waals surface area contributed by atoms with Gasteiger partial charge in [0.15, 0.2) is 11.6 Å². The van der Waals surface area contributed by atoms with E-state index in [1.165, 1.54) is 6.07 Å². The average molecular weight is 247 g/mol. The Hall–Kier alpha value is -1.74. The Kier molecular flexibility index (Phi) is 4.05. The van der Waals surface area contributed by atoms with E-state index in [1.807, 2.05) is 30.3 Å². The molecule has 0 aliphatic heterocycles. The van der Waals surface area contributed by atoms with Crippen molar-refractivity contribution in [1.82, 2.24) is 0 Å². The number of hydrogen-bond acceptors (Lipinski definition) is 1. The van der Waals surface area contributed by atoms with Gasteiger partial charge in [0.05, 0.1) is 0 Å². The highest BCUT2D eigenvalue weighted by molar-refractivity contribution is 5.21. The van der Waals surface area contributed by atoms with Crippen LogP contribution in [0.2, 0.25) is 0 Å². The van der Waals surface area contributed by atoms with E-state index in [9.17, 15) is 8.78 Å². The monoisotopic (exact) mass is 247 g/mol. The Morgan fingerprint density at radius 2 is 1.50 bits per heavy atom. The largest absolute Gasteiger partial charge is 0.327 e. The van der Waals surface area contributed by atoms with Crippen molar-refractivity contribution in [2.24, 2.45) is 5.73 Å². The summed E-state index contributed by atoms with van der Waals surface area (Å²) in [5, 5.41) is 0. The first-order valence-corrected chi connectivity index (χ1v) is 5.88. The lowest BCUT2D eigenvalue weighted by Gasteiger charge is -2.12. The van der Waals surface area contributed by atoms with Crippen molar-refractivity contribution in [1.29, 1.82) is 0 Å². The summed E-state index contributed by atoms with van der Waals surface area (Å²) in [4.78, 5) is 0. The van der Waals surface area contributed by atoms with Crippen LogP contribution in [0.3, 0.4) is 0 Å². The van der Waals surface area contributed by atoms with E-state index in [0.717, 1.165) is 23.6 Å². The van der Waals surface area contributed by atoms with Crippen LogP contribution in [0.4, 0.5) is 8.78 Å². The van der Waals surface area contributed by atoms with Crippen molar-refractivity contribution in [2.75, 3.05) is 0 Å². The minimum absolute atomic E-state index is 0.0998. The highest BCUT2D eigenvalue weighted by Crippen LogP contribution is 2.12. The van der Waals surface area contributed by atoms with E-state index in [-0.39, 0.29) is 6.04 Å². The van der Waals surface area contributed by atoms with Crippen molar-refractivity contribution < 1.29 is 8.78 Å². The lowest BCUT2D eigenvalue weighted by Crippen LogP contribution is -2.25. The molecule has 0 spiro atoms. The molecule has 2 aromatic rings. The van der Waals surface area contributed by atoms with Gasteiger partial charge >= 0.3 is 0 Å². The van der Waals surface area contributed by atoms with Crippen LogP contribution in [0.15, 0.2) is 48.5 Å². The number of benzene rings is 2. The molecule has 3 heteroatoms. The lowest BCUT2D eigenvalue weighted by molar-refractivity contribution is 0.506. The molecule has 0 radical (unpaired) electrons. The van der Waals surface area contributed by atoms with Gasteiger partial charge in [-0.15, -0.1) is 0 Å². The van der Waals surface area contributed by atoms with Gasteiger partial charge in [-0.1, -0.05) is 36.4 Å². The zero-order chi connectivity index (χ0) is 13.0. The quantitative estimate of drug-likeness (QED) is 0.882. The molecule has 0 fully saturated rings. The van der Waals surface area contributed by atoms with Gasteiger partial charge in [-0.3, -0.25) is 0 Å². The first-order valence-electron chi connectivity index (χ1n) is 5.88. The normalized spacial score (nSPS) is 12.4. The van der Waals surface area contributed by atoms with Crippen LogP contribution in [0.5, 0.6) is 0 Å². The summed E-state index contributed by atoms with van der Waals surface area (Å²) in [6.45, 7) is 0. The van der Waals surface area contributed by atoms with Crippen molar-refractivity contribution in [3.63, 3.8) is 0 Å². The van der Waals surface area contributed by atoms with Crippen LogP contribution in [0.1, 0.15) is 11.1 Å². The number of rotatable bonds is 4. The molecule has 18 heavy (non-hydrogen) atoms. The van der Waals surface area contributed by atoms with E-state index in [4.69, 9.17) is 5.73 Å². The first kappa shape index (κ1) is 12.7. The number of hydrogen-bond donors (Lipinski definition) is 1. The molecule has 94 valence electrons. The van der Waals surface area contributed by atoms with Crippen LogP contribution in [0, 0.1) is 11.6 Å². The molecule has 1 nitrogen and oxygen atoms in total. The summed E-state index contributed by atoms with van der Waals surface area (Å²) in [5.74, 6) is -1.64. The molecule has 1 atom stereocenters. The molecule has 0 amide bonds. The SMILES string of the molecule is NC(Cc1ccccc1)Cc1ccc(F)c(F)c1. The second kappa shape index (κ2) is 5.74. The maximum Gasteiger partial charge on any atom is 0.159 e. The van der Waals surface area contributed by atoms with Gasteiger partial charge in [0.2, 0.25) is 0 Å². The van der Waals surface area contributed by atoms with Crippen molar-refractivity contribution >= 4 is 0 Å². The van der Waals surface area contributed by atoms with Crippen LogP contribution in [-0.4, -0.2) is 6.04 Å². The van der Waals surface area contributed by atoms with Gasteiger partial charge in [-0.25, -0.2) is 8.78 Å². The summed E-state index contributed by atoms with van der Waals surface area (Å²) in [7, 11) is 0. The van der Waals surface area contributed by atoms with Gasteiger partial charge in [0.25, 0.3) is 0 Å². The summed E-state index contributed by atoms with van der Waals surface area (Å²) >= 11 is 0. The summed E-state index contributed by atoms with van der Waals surface area (Å²) < 4.78 is 25.8. The zero-order valence-electron chi connectivity index (χ0n) is 9.94. The predicted octanol–water partition coefficient (Wildman–Crippen LogP) is 3.08. The molecule has 0 saturated heterocycles. The molecule has 2 aromatic carbocycles. The molecule has 2 rings (SSSR count). The average Bonchev–Trinajstić information content (AvgIpc) is 2.35. The molecule has 0 aliphatic rings. The Morgan fingerprint density at radius 3 is 2.17 bits per heavy atom. The minimum atomic E-state index is -0.824. The summed E-state index contributed by atoms with van der Waals surface area (Å²) in [5.41, 5.74) is 7.88. The Balaban J connectivity index is 1.99. The number of nitrogens with two attached hydrogens (primary N) is 1. The topological polar surface area (TPSA) is 26.0 Å². The molecule has 0 aliphatic carbocycles. The van der Waals surface area contributed by atoms with Crippen molar-refractivity contribution in [3.8, 4) is 0 Å². The van der Waals surface area contributed by atoms with Crippen molar-refractivity contribution in [2.45, 2.75) is 18.9 Å². The minimum Gasteiger partial charge on any atom is -0.327 e. The van der Waals surface area contributed by atoms with E-state index < -0.39 is 11.6 Å². The molecule has 0 heterocycles. The fourth-order valence-corrected chi connectivity index (χ4v) is 1.96. The fourth-order valence-electron chi connectivity index (χ4n) is 1.96. The van der Waals surface area contributed by atoms with Gasteiger partial charge in [-0.05, 0) is 36.1 Å². The van der Waals surface area contributed by atoms with E-state index in [0.29, 0.717) is 6.42 Å². The van der Waals surface area contributed by atoms with Crippen LogP contribution < -0.4 is 5.73 Å². The van der Waals surface area contributed by atoms with E-state index >= 15 is 0 Å². The molecule has 0 saturated carbocycles. The Bertz CT molecular complexity index is 511. The molecule has 2 N–H and O–H groups in total. The van der Waals surface area contributed by atoms with Crippen molar-refractivity contribution in [3.05, 3.63) is 71.3 Å². The molecule has 1 unspecified atom stereocenters. The second-order valence-electron chi connectivity index (χ2n) is 4.40. The van der Waals surface area contributed by atoms with Crippen LogP contribution in [0.25, 0.3) is 0 Å². The smallest absolute Gasteiger partial charge is 0.159 e. The third-order valence-electron chi connectivity index (χ3n) is 2.82. The predicted molar refractivity (Wildman–Crippen MR) is 68.2 cm³/mol. The molecule has 0 bridgehead atoms. The van der Waals surface area contributed by atoms with Gasteiger partial charge < -0.3 is 5.73 Å². The summed E-state index contributed by atoms with van der Waals surface area (Å²) in [6, 6.07) is 13.7. The molecular formula is C15H15F2N. The zero-order valence-corrected chi connectivity index (χ0v) is 9.94. The van der Waals surface area contributed by atoms with Gasteiger partial charge in [-0.2, -0.15) is 0 Å². The first-order chi connectivity index (χ1) is 8.65. The van der Waals surface area contributed by atoms with Gasteiger partial charge in [0.1, 0.15) is 0 Å². The maximum absolute atomic E-state index is 13.0. The summed E-state index contributed by atoms with van der Waals surface area (Å²) in [6.07, 6.45) is 1.26. The highest BCUT2D eigenvalue weighted by Gasteiger charge is 2.08. The second-order valence-corrected chi connectivity index (χ2v) is 4.40. The number of halogens is 2. The van der Waals surface area contributed by atoms with Crippen LogP contribution in [-0.2, 0) is 12.8 Å². The lowest BCUT2D eigenvalue weighted by atomic mass is 10.00.